The smallest absolute Gasteiger partial charge is 0.168 e. The molecular weight excluding hydrogens is 114 g/mol. The Kier molecular flexibility index (Phi) is 1.89. The molecule has 0 spiro atoms. The Morgan fingerprint density at radius 3 is 1.25 bits per heavy atom. The van der Waals surface area contributed by atoms with Crippen LogP contribution < -0.4 is 5.40 Å². The summed E-state index contributed by atoms with van der Waals surface area (Å²) in [5, 5.41) is 9.62. The van der Waals surface area contributed by atoms with Gasteiger partial charge in [-0.05, 0) is 5.04 Å². The molecule has 0 saturated heterocycles. The molecule has 0 aliphatic heterocycles. The summed E-state index contributed by atoms with van der Waals surface area (Å²) in [5.41, 5.74) is 0. The van der Waals surface area contributed by atoms with E-state index in [4.69, 9.17) is 0 Å². The molecule has 0 unspecified atom stereocenters. The van der Waals surface area contributed by atoms with Gasteiger partial charge >= 0.3 is 0 Å². The first-order valence-corrected chi connectivity index (χ1v) is 5.92. The largest absolute Gasteiger partial charge is 0.188 e. The molecule has 0 N–H and O–H groups in total. The second-order valence-electron chi connectivity index (χ2n) is 3.81. The Morgan fingerprint density at radius 2 is 1.25 bits per heavy atom. The van der Waals surface area contributed by atoms with Crippen molar-refractivity contribution in [2.75, 3.05) is 0 Å². The maximum Gasteiger partial charge on any atom is 0.168 e. The Hall–Kier alpha value is 0.177. The Bertz CT molecular complexity index is 63.5. The first-order chi connectivity index (χ1) is 3.25. The minimum atomic E-state index is -1.86. The summed E-state index contributed by atoms with van der Waals surface area (Å²) in [5.74, 6) is 0. The van der Waals surface area contributed by atoms with Crippen molar-refractivity contribution in [3.63, 3.8) is 0 Å². The normalized spacial score (nSPS) is 14.2. The number of hydrogen-bond acceptors (Lipinski definition) is 0. The van der Waals surface area contributed by atoms with Crippen molar-refractivity contribution >= 4 is 8.24 Å². The maximum absolute atomic E-state index is 9.49. The van der Waals surface area contributed by atoms with E-state index in [2.05, 4.69) is 20.8 Å². The van der Waals surface area contributed by atoms with Gasteiger partial charge in [0.15, 0.2) is 8.24 Å². The fraction of sp³-hybridized carbons (Fsp3) is 1.00. The lowest BCUT2D eigenvalue weighted by Gasteiger charge is -2.29. The minimum Gasteiger partial charge on any atom is -0.188 e. The summed E-state index contributed by atoms with van der Waals surface area (Å²) >= 11 is 0. The van der Waals surface area contributed by atoms with Gasteiger partial charge in [0.05, 0.1) is 0 Å². The van der Waals surface area contributed by atoms with Crippen molar-refractivity contribution in [2.24, 2.45) is 0 Å². The molecule has 0 aromatic carbocycles. The monoisotopic (exact) mass is 129 g/mol. The second kappa shape index (κ2) is 1.85. The van der Waals surface area contributed by atoms with Gasteiger partial charge in [0.2, 0.25) is 0 Å². The van der Waals surface area contributed by atoms with Gasteiger partial charge in [0.1, 0.15) is 0 Å². The molecule has 0 aromatic rings. The lowest BCUT2D eigenvalue weighted by Crippen LogP contribution is -2.38. The molecule has 0 fully saturated rings. The summed E-state index contributed by atoms with van der Waals surface area (Å²) < 4.78 is 0. The lowest BCUT2D eigenvalue weighted by atomic mass is 10.2. The van der Waals surface area contributed by atoms with Gasteiger partial charge in [-0.15, -0.1) is 0 Å². The number of hydrogen-bond donors (Lipinski definition) is 0. The average Bonchev–Trinajstić information content (AvgIpc) is 1.25. The molecule has 0 aliphatic carbocycles. The predicted molar refractivity (Wildman–Crippen MR) is 39.3 cm³/mol. The molecule has 0 bridgehead atoms. The Balaban J connectivity index is 4.02. The van der Waals surface area contributed by atoms with E-state index < -0.39 is 8.24 Å². The van der Waals surface area contributed by atoms with Crippen LogP contribution in [0.2, 0.25) is 18.1 Å². The molecule has 0 heterocycles. The van der Waals surface area contributed by atoms with Crippen LogP contribution in [0.15, 0.2) is 0 Å². The lowest BCUT2D eigenvalue weighted by molar-refractivity contribution is 0.716. The van der Waals surface area contributed by atoms with E-state index >= 15 is 0 Å². The van der Waals surface area contributed by atoms with E-state index in [1.807, 2.05) is 13.1 Å². The summed E-state index contributed by atoms with van der Waals surface area (Å²) in [6.07, 6.45) is 0. The van der Waals surface area contributed by atoms with Crippen LogP contribution in [0.25, 0.3) is 0 Å². The summed E-state index contributed by atoms with van der Waals surface area (Å²) in [6.45, 7) is 10.2. The van der Waals surface area contributed by atoms with Gasteiger partial charge in [-0.3, -0.25) is 0 Å². The van der Waals surface area contributed by atoms with Gasteiger partial charge in [0.25, 0.3) is 0 Å². The van der Waals surface area contributed by atoms with E-state index in [-0.39, 0.29) is 5.04 Å². The Labute approximate surface area is 53.4 Å². The first kappa shape index (κ1) is 8.18. The van der Waals surface area contributed by atoms with Crippen molar-refractivity contribution in [1.82, 2.24) is 5.40 Å². The van der Waals surface area contributed by atoms with E-state index in [0.717, 1.165) is 0 Å². The zero-order valence-electron chi connectivity index (χ0n) is 6.45. The van der Waals surface area contributed by atoms with Gasteiger partial charge in [-0.2, -0.15) is 5.40 Å². The van der Waals surface area contributed by atoms with E-state index in [9.17, 15) is 5.40 Å². The highest BCUT2D eigenvalue weighted by atomic mass is 28.3. The first-order valence-electron chi connectivity index (χ1n) is 2.97. The van der Waals surface area contributed by atoms with Crippen molar-refractivity contribution in [3.05, 3.63) is 0 Å². The molecule has 0 rings (SSSR count). The maximum atomic E-state index is 9.49. The second-order valence-corrected chi connectivity index (χ2v) is 8.43. The standard InChI is InChI=1S/C6H15NSi/c1-6(2,3)8(4,5)7/h1-5H3. The third-order valence-corrected chi connectivity index (χ3v) is 5.51. The van der Waals surface area contributed by atoms with E-state index in [1.165, 1.54) is 0 Å². The minimum absolute atomic E-state index is 0.132. The summed E-state index contributed by atoms with van der Waals surface area (Å²) in [7, 11) is -1.86. The van der Waals surface area contributed by atoms with E-state index in [0.29, 0.717) is 0 Å². The van der Waals surface area contributed by atoms with Crippen LogP contribution in [0.1, 0.15) is 20.8 Å². The van der Waals surface area contributed by atoms with Crippen molar-refractivity contribution < 1.29 is 0 Å². The quantitative estimate of drug-likeness (QED) is 0.447. The fourth-order valence-electron chi connectivity index (χ4n) is 0. The molecule has 0 aliphatic rings. The highest BCUT2D eigenvalue weighted by Crippen LogP contribution is 2.32. The van der Waals surface area contributed by atoms with E-state index in [1.54, 1.807) is 0 Å². The molecule has 2 heteroatoms. The summed E-state index contributed by atoms with van der Waals surface area (Å²) in [6, 6.07) is 0. The van der Waals surface area contributed by atoms with Crippen LogP contribution in [0.5, 0.6) is 0 Å². The highest BCUT2D eigenvalue weighted by molar-refractivity contribution is 6.76. The zero-order valence-corrected chi connectivity index (χ0v) is 7.45. The molecule has 1 nitrogen and oxygen atoms in total. The summed E-state index contributed by atoms with van der Waals surface area (Å²) in [4.78, 5) is 0. The molecule has 0 amide bonds. The highest BCUT2D eigenvalue weighted by Gasteiger charge is 2.33. The van der Waals surface area contributed by atoms with Crippen molar-refractivity contribution in [3.8, 4) is 0 Å². The number of nitrogens with zero attached hydrogens (tertiary/aromatic N) is 1. The molecule has 2 radical (unpaired) electrons. The van der Waals surface area contributed by atoms with Crippen LogP contribution in [0.4, 0.5) is 0 Å². The zero-order chi connectivity index (χ0) is 7.00. The molecule has 0 atom stereocenters. The van der Waals surface area contributed by atoms with Gasteiger partial charge in [-0.25, -0.2) is 0 Å². The van der Waals surface area contributed by atoms with Crippen LogP contribution in [-0.4, -0.2) is 8.24 Å². The average molecular weight is 129 g/mol. The van der Waals surface area contributed by atoms with Gasteiger partial charge < -0.3 is 0 Å². The van der Waals surface area contributed by atoms with Crippen molar-refractivity contribution in [1.29, 1.82) is 0 Å². The van der Waals surface area contributed by atoms with Gasteiger partial charge in [-0.1, -0.05) is 33.9 Å². The molecular formula is C6H15NSi. The molecule has 8 heavy (non-hydrogen) atoms. The van der Waals surface area contributed by atoms with Crippen molar-refractivity contribution in [2.45, 2.75) is 38.9 Å². The number of rotatable bonds is 0. The SMILES string of the molecule is CC(C)(C)[Si](C)(C)[N]. The predicted octanol–water partition coefficient (Wildman–Crippen LogP) is 2.06. The molecule has 0 aromatic heterocycles. The topological polar surface area (TPSA) is 22.3 Å². The molecule has 0 saturated carbocycles. The van der Waals surface area contributed by atoms with Crippen LogP contribution in [0, 0.1) is 0 Å². The van der Waals surface area contributed by atoms with Crippen LogP contribution in [0.3, 0.4) is 0 Å². The van der Waals surface area contributed by atoms with Crippen LogP contribution >= 0.6 is 0 Å². The fourth-order valence-corrected chi connectivity index (χ4v) is 0. The van der Waals surface area contributed by atoms with Crippen LogP contribution in [-0.2, 0) is 0 Å². The molecule has 48 valence electrons. The van der Waals surface area contributed by atoms with Gasteiger partial charge in [0, 0.05) is 0 Å². The third-order valence-electron chi connectivity index (χ3n) is 1.84. The third kappa shape index (κ3) is 1.97. The Morgan fingerprint density at radius 1 is 1.12 bits per heavy atom.